The third kappa shape index (κ3) is 3.62. The first-order valence-corrected chi connectivity index (χ1v) is 13.0. The molecule has 37 heavy (non-hydrogen) atoms. The van der Waals surface area contributed by atoms with Crippen LogP contribution in [0.3, 0.4) is 0 Å². The van der Waals surface area contributed by atoms with E-state index in [1.54, 1.807) is 12.4 Å². The van der Waals surface area contributed by atoms with Crippen LogP contribution >= 0.6 is 15.9 Å². The SMILES string of the molecule is Nc1c(-c2cccc3[nH]ncc23)cc(Br)c2nc(-c3ccc(N4CCC5(CC4)COC5)nc3)[nH]c(=O)c12. The number of hydrogen-bond donors (Lipinski definition) is 3. The number of piperidine rings is 1. The van der Waals surface area contributed by atoms with Crippen LogP contribution < -0.4 is 16.2 Å². The van der Waals surface area contributed by atoms with Crippen molar-refractivity contribution in [1.82, 2.24) is 25.1 Å². The number of ether oxygens (including phenoxy) is 1. The van der Waals surface area contributed by atoms with Gasteiger partial charge in [-0.25, -0.2) is 9.97 Å². The molecule has 2 aliphatic heterocycles. The Bertz CT molecular complexity index is 1710. The van der Waals surface area contributed by atoms with Crippen LogP contribution in [0, 0.1) is 5.41 Å². The van der Waals surface area contributed by atoms with Gasteiger partial charge in [0.05, 0.1) is 41.5 Å². The largest absolute Gasteiger partial charge is 0.398 e. The zero-order valence-electron chi connectivity index (χ0n) is 19.9. The number of nitrogens with two attached hydrogens (primary N) is 1. The maximum absolute atomic E-state index is 13.3. The first-order chi connectivity index (χ1) is 18.0. The Hall–Kier alpha value is -3.76. The molecule has 10 heteroatoms. The lowest BCUT2D eigenvalue weighted by Gasteiger charge is -2.47. The molecule has 0 aliphatic carbocycles. The van der Waals surface area contributed by atoms with E-state index in [0.717, 1.165) is 72.6 Å². The lowest BCUT2D eigenvalue weighted by Crippen LogP contribution is -2.51. The lowest BCUT2D eigenvalue weighted by molar-refractivity contribution is -0.124. The number of nitrogens with one attached hydrogen (secondary N) is 2. The summed E-state index contributed by atoms with van der Waals surface area (Å²) in [5.41, 5.74) is 10.8. The molecule has 9 nitrogen and oxygen atoms in total. The average Bonchev–Trinajstić information content (AvgIpc) is 3.39. The van der Waals surface area contributed by atoms with Crippen molar-refractivity contribution in [3.63, 3.8) is 0 Å². The smallest absolute Gasteiger partial charge is 0.261 e. The molecule has 0 bridgehead atoms. The fourth-order valence-corrected chi connectivity index (χ4v) is 5.98. The van der Waals surface area contributed by atoms with Crippen LogP contribution in [0.15, 0.2) is 58.1 Å². The Kier molecular flexibility index (Phi) is 5.09. The van der Waals surface area contributed by atoms with Gasteiger partial charge in [0.15, 0.2) is 0 Å². The van der Waals surface area contributed by atoms with Crippen molar-refractivity contribution in [3.8, 4) is 22.5 Å². The van der Waals surface area contributed by atoms with Crippen molar-refractivity contribution < 1.29 is 4.74 Å². The summed E-state index contributed by atoms with van der Waals surface area (Å²) in [6.45, 7) is 3.72. The van der Waals surface area contributed by atoms with Crippen LogP contribution in [0.25, 0.3) is 44.3 Å². The van der Waals surface area contributed by atoms with Crippen LogP contribution in [-0.4, -0.2) is 51.5 Å². The Morgan fingerprint density at radius 1 is 1.08 bits per heavy atom. The van der Waals surface area contributed by atoms with E-state index in [1.807, 2.05) is 36.4 Å². The summed E-state index contributed by atoms with van der Waals surface area (Å²) in [4.78, 5) is 28.0. The minimum atomic E-state index is -0.299. The van der Waals surface area contributed by atoms with Crippen molar-refractivity contribution in [2.45, 2.75) is 12.8 Å². The molecule has 2 fully saturated rings. The van der Waals surface area contributed by atoms with Gasteiger partial charge in [-0.15, -0.1) is 0 Å². The van der Waals surface area contributed by atoms with Crippen molar-refractivity contribution >= 4 is 49.2 Å². The number of nitrogen functional groups attached to an aromatic ring is 1. The molecule has 5 aromatic rings. The van der Waals surface area contributed by atoms with Crippen molar-refractivity contribution in [3.05, 3.63) is 63.6 Å². The average molecular weight is 558 g/mol. The molecular formula is C27H24BrN7O2. The molecule has 2 aliphatic rings. The normalized spacial score (nSPS) is 16.9. The molecule has 5 heterocycles. The van der Waals surface area contributed by atoms with E-state index in [9.17, 15) is 4.79 Å². The number of H-pyrrole nitrogens is 2. The summed E-state index contributed by atoms with van der Waals surface area (Å²) in [5, 5.41) is 8.39. The minimum absolute atomic E-state index is 0.299. The van der Waals surface area contributed by atoms with E-state index < -0.39 is 0 Å². The predicted octanol–water partition coefficient (Wildman–Crippen LogP) is 4.49. The molecular weight excluding hydrogens is 534 g/mol. The first-order valence-electron chi connectivity index (χ1n) is 12.2. The highest BCUT2D eigenvalue weighted by molar-refractivity contribution is 9.10. The van der Waals surface area contributed by atoms with Gasteiger partial charge in [-0.05, 0) is 58.6 Å². The summed E-state index contributed by atoms with van der Waals surface area (Å²) in [6, 6.07) is 11.7. The Morgan fingerprint density at radius 2 is 1.92 bits per heavy atom. The van der Waals surface area contributed by atoms with E-state index in [-0.39, 0.29) is 5.56 Å². The van der Waals surface area contributed by atoms with Gasteiger partial charge in [-0.1, -0.05) is 12.1 Å². The van der Waals surface area contributed by atoms with E-state index in [2.05, 4.69) is 41.0 Å². The number of benzene rings is 2. The molecule has 0 saturated carbocycles. The number of fused-ring (bicyclic) bond motifs is 2. The number of pyridine rings is 1. The van der Waals surface area contributed by atoms with Crippen LogP contribution in [0.5, 0.6) is 0 Å². The van der Waals surface area contributed by atoms with E-state index >= 15 is 0 Å². The molecule has 3 aromatic heterocycles. The first kappa shape index (κ1) is 22.4. The highest BCUT2D eigenvalue weighted by Crippen LogP contribution is 2.40. The maximum atomic E-state index is 13.3. The molecule has 186 valence electrons. The zero-order valence-corrected chi connectivity index (χ0v) is 21.5. The summed E-state index contributed by atoms with van der Waals surface area (Å²) < 4.78 is 6.12. The fourth-order valence-electron chi connectivity index (χ4n) is 5.47. The summed E-state index contributed by atoms with van der Waals surface area (Å²) in [7, 11) is 0. The number of rotatable bonds is 3. The molecule has 0 radical (unpaired) electrons. The summed E-state index contributed by atoms with van der Waals surface area (Å²) in [6.07, 6.45) is 5.78. The molecule has 2 saturated heterocycles. The fraction of sp³-hybridized carbons (Fsp3) is 0.259. The van der Waals surface area contributed by atoms with Crippen LogP contribution in [0.4, 0.5) is 11.5 Å². The van der Waals surface area contributed by atoms with Crippen LogP contribution in [0.2, 0.25) is 0 Å². The van der Waals surface area contributed by atoms with E-state index in [0.29, 0.717) is 32.3 Å². The second-order valence-electron chi connectivity index (χ2n) is 9.98. The second kappa shape index (κ2) is 8.39. The van der Waals surface area contributed by atoms with Gasteiger partial charge in [0, 0.05) is 45.7 Å². The van der Waals surface area contributed by atoms with Gasteiger partial charge in [0.25, 0.3) is 5.56 Å². The van der Waals surface area contributed by atoms with Gasteiger partial charge >= 0.3 is 0 Å². The van der Waals surface area contributed by atoms with E-state index in [1.165, 1.54) is 0 Å². The summed E-state index contributed by atoms with van der Waals surface area (Å²) in [5.74, 6) is 1.39. The Balaban J connectivity index is 1.24. The number of aromatic nitrogens is 5. The number of nitrogens with zero attached hydrogens (tertiary/aromatic N) is 4. The molecule has 0 amide bonds. The van der Waals surface area contributed by atoms with Gasteiger partial charge < -0.3 is 20.4 Å². The molecule has 2 aromatic carbocycles. The lowest BCUT2D eigenvalue weighted by atomic mass is 9.77. The highest BCUT2D eigenvalue weighted by Gasteiger charge is 2.41. The third-order valence-corrected chi connectivity index (χ3v) is 8.34. The molecule has 4 N–H and O–H groups in total. The number of hydrogen-bond acceptors (Lipinski definition) is 7. The van der Waals surface area contributed by atoms with Crippen molar-refractivity contribution in [2.24, 2.45) is 5.41 Å². The monoisotopic (exact) mass is 557 g/mol. The quantitative estimate of drug-likeness (QED) is 0.279. The van der Waals surface area contributed by atoms with Crippen LogP contribution in [0.1, 0.15) is 12.8 Å². The molecule has 0 atom stereocenters. The zero-order chi connectivity index (χ0) is 25.1. The number of halogens is 1. The second-order valence-corrected chi connectivity index (χ2v) is 10.8. The number of aromatic amines is 2. The minimum Gasteiger partial charge on any atom is -0.398 e. The standard InChI is InChI=1S/C27H24BrN7O2/c28-19-10-17(16-2-1-3-20-18(16)12-31-34-20)23(29)22-24(19)32-25(33-26(22)36)15-4-5-21(30-11-15)35-8-6-27(7-9-35)13-37-14-27/h1-5,10-12H,6-9,13-14,29H2,(H,31,34)(H,32,33,36). The number of anilines is 2. The summed E-state index contributed by atoms with van der Waals surface area (Å²) >= 11 is 3.63. The Morgan fingerprint density at radius 3 is 2.65 bits per heavy atom. The maximum Gasteiger partial charge on any atom is 0.261 e. The molecule has 1 spiro atoms. The van der Waals surface area contributed by atoms with Gasteiger partial charge in [0.1, 0.15) is 11.6 Å². The van der Waals surface area contributed by atoms with Crippen molar-refractivity contribution in [1.29, 1.82) is 0 Å². The highest BCUT2D eigenvalue weighted by atomic mass is 79.9. The van der Waals surface area contributed by atoms with Crippen molar-refractivity contribution in [2.75, 3.05) is 36.9 Å². The topological polar surface area (TPSA) is 126 Å². The third-order valence-electron chi connectivity index (χ3n) is 7.74. The van der Waals surface area contributed by atoms with Gasteiger partial charge in [0.2, 0.25) is 0 Å². The van der Waals surface area contributed by atoms with E-state index in [4.69, 9.17) is 15.5 Å². The van der Waals surface area contributed by atoms with Gasteiger partial charge in [-0.3, -0.25) is 9.89 Å². The molecule has 0 unspecified atom stereocenters. The van der Waals surface area contributed by atoms with Gasteiger partial charge in [-0.2, -0.15) is 5.10 Å². The Labute approximate surface area is 220 Å². The molecule has 7 rings (SSSR count). The predicted molar refractivity (Wildman–Crippen MR) is 147 cm³/mol. The van der Waals surface area contributed by atoms with Crippen LogP contribution in [-0.2, 0) is 4.74 Å².